The van der Waals surface area contributed by atoms with Crippen LogP contribution < -0.4 is 10.1 Å². The van der Waals surface area contributed by atoms with E-state index < -0.39 is 0 Å². The summed E-state index contributed by atoms with van der Waals surface area (Å²) in [5.74, 6) is 1.89. The van der Waals surface area contributed by atoms with E-state index in [-0.39, 0.29) is 11.9 Å². The zero-order chi connectivity index (χ0) is 18.6. The summed E-state index contributed by atoms with van der Waals surface area (Å²) in [5.41, 5.74) is 0.647. The first-order valence-corrected chi connectivity index (χ1v) is 8.63. The van der Waals surface area contributed by atoms with Crippen LogP contribution in [0.15, 0.2) is 47.2 Å². The van der Waals surface area contributed by atoms with Gasteiger partial charge in [-0.3, -0.25) is 0 Å². The van der Waals surface area contributed by atoms with Crippen LogP contribution >= 0.6 is 0 Å². The molecule has 2 aromatic heterocycles. The number of hydrogen-bond acceptors (Lipinski definition) is 7. The maximum Gasteiger partial charge on any atom is 0.321 e. The standard InChI is InChI=1S/C18H18N6O3/c1-2-26-14-7-4-3-6-13(14)21-18(25)24-10-12(11-24)17-22-16(23-27-17)15-19-8-5-9-20-15/h3-9,12H,2,10-11H2,1H3,(H,21,25). The van der Waals surface area contributed by atoms with Gasteiger partial charge in [-0.15, -0.1) is 0 Å². The molecule has 1 saturated heterocycles. The smallest absolute Gasteiger partial charge is 0.321 e. The second-order valence-corrected chi connectivity index (χ2v) is 5.99. The molecule has 3 heterocycles. The average molecular weight is 366 g/mol. The number of nitrogens with zero attached hydrogens (tertiary/aromatic N) is 5. The summed E-state index contributed by atoms with van der Waals surface area (Å²) in [6, 6.07) is 8.88. The summed E-state index contributed by atoms with van der Waals surface area (Å²) >= 11 is 0. The number of hydrogen-bond donors (Lipinski definition) is 1. The minimum absolute atomic E-state index is 0.00264. The van der Waals surface area contributed by atoms with Crippen molar-refractivity contribution in [3.05, 3.63) is 48.6 Å². The molecule has 4 rings (SSSR count). The van der Waals surface area contributed by atoms with Crippen LogP contribution in [0.3, 0.4) is 0 Å². The zero-order valence-corrected chi connectivity index (χ0v) is 14.7. The van der Waals surface area contributed by atoms with E-state index in [2.05, 4.69) is 25.4 Å². The van der Waals surface area contributed by atoms with Gasteiger partial charge in [-0.2, -0.15) is 4.98 Å². The Morgan fingerprint density at radius 1 is 1.22 bits per heavy atom. The number of anilines is 1. The molecular formula is C18H18N6O3. The molecule has 3 aromatic rings. The van der Waals surface area contributed by atoms with E-state index in [1.54, 1.807) is 23.4 Å². The van der Waals surface area contributed by atoms with E-state index in [0.717, 1.165) is 0 Å². The number of carbonyl (C=O) groups is 1. The maximum atomic E-state index is 12.4. The SMILES string of the molecule is CCOc1ccccc1NC(=O)N1CC(c2nc(-c3ncccn3)no2)C1. The van der Waals surface area contributed by atoms with E-state index in [9.17, 15) is 4.79 Å². The molecule has 0 bridgehead atoms. The predicted molar refractivity (Wildman–Crippen MR) is 96.3 cm³/mol. The van der Waals surface area contributed by atoms with Crippen molar-refractivity contribution in [1.29, 1.82) is 0 Å². The number of nitrogens with one attached hydrogen (secondary N) is 1. The van der Waals surface area contributed by atoms with Crippen LogP contribution in [0.1, 0.15) is 18.7 Å². The van der Waals surface area contributed by atoms with Crippen molar-refractivity contribution >= 4 is 11.7 Å². The summed E-state index contributed by atoms with van der Waals surface area (Å²) in [4.78, 5) is 26.6. The van der Waals surface area contributed by atoms with Crippen molar-refractivity contribution in [2.75, 3.05) is 25.0 Å². The molecule has 1 N–H and O–H groups in total. The molecule has 1 fully saturated rings. The quantitative estimate of drug-likeness (QED) is 0.739. The Labute approximate surface area is 155 Å². The normalized spacial score (nSPS) is 13.9. The molecule has 2 amide bonds. The number of benzene rings is 1. The van der Waals surface area contributed by atoms with Crippen LogP contribution in [0.5, 0.6) is 5.75 Å². The molecule has 0 unspecified atom stereocenters. The first-order valence-electron chi connectivity index (χ1n) is 8.63. The number of rotatable bonds is 5. The largest absolute Gasteiger partial charge is 0.492 e. The van der Waals surface area contributed by atoms with Gasteiger partial charge in [0.05, 0.1) is 18.2 Å². The summed E-state index contributed by atoms with van der Waals surface area (Å²) in [7, 11) is 0. The number of ether oxygens (including phenoxy) is 1. The van der Waals surface area contributed by atoms with E-state index in [4.69, 9.17) is 9.26 Å². The molecule has 138 valence electrons. The predicted octanol–water partition coefficient (Wildman–Crippen LogP) is 2.56. The van der Waals surface area contributed by atoms with Gasteiger partial charge in [0.2, 0.25) is 17.5 Å². The van der Waals surface area contributed by atoms with Crippen molar-refractivity contribution in [2.45, 2.75) is 12.8 Å². The fourth-order valence-corrected chi connectivity index (χ4v) is 2.75. The lowest BCUT2D eigenvalue weighted by Gasteiger charge is -2.36. The highest BCUT2D eigenvalue weighted by Crippen LogP contribution is 2.29. The Morgan fingerprint density at radius 2 is 2.00 bits per heavy atom. The fourth-order valence-electron chi connectivity index (χ4n) is 2.75. The fraction of sp³-hybridized carbons (Fsp3) is 0.278. The Hall–Kier alpha value is -3.49. The van der Waals surface area contributed by atoms with Crippen molar-refractivity contribution in [1.82, 2.24) is 25.0 Å². The van der Waals surface area contributed by atoms with Gasteiger partial charge in [-0.25, -0.2) is 14.8 Å². The van der Waals surface area contributed by atoms with Crippen LogP contribution in [-0.4, -0.2) is 50.7 Å². The Bertz CT molecular complexity index is 924. The van der Waals surface area contributed by atoms with Gasteiger partial charge < -0.3 is 19.5 Å². The zero-order valence-electron chi connectivity index (χ0n) is 14.7. The third-order valence-corrected chi connectivity index (χ3v) is 4.15. The highest BCUT2D eigenvalue weighted by atomic mass is 16.5. The van der Waals surface area contributed by atoms with Crippen molar-refractivity contribution in [3.63, 3.8) is 0 Å². The second-order valence-electron chi connectivity index (χ2n) is 5.99. The van der Waals surface area contributed by atoms with Crippen molar-refractivity contribution in [3.8, 4) is 17.4 Å². The minimum atomic E-state index is -0.190. The maximum absolute atomic E-state index is 12.4. The molecule has 27 heavy (non-hydrogen) atoms. The highest BCUT2D eigenvalue weighted by Gasteiger charge is 2.36. The van der Waals surface area contributed by atoms with Crippen LogP contribution in [0, 0.1) is 0 Å². The number of para-hydroxylation sites is 2. The minimum Gasteiger partial charge on any atom is -0.492 e. The third kappa shape index (κ3) is 3.57. The summed E-state index contributed by atoms with van der Waals surface area (Å²) in [5, 5.41) is 6.79. The first-order chi connectivity index (χ1) is 13.2. The third-order valence-electron chi connectivity index (χ3n) is 4.15. The molecule has 9 heteroatoms. The second kappa shape index (κ2) is 7.40. The average Bonchev–Trinajstić information content (AvgIpc) is 3.13. The van der Waals surface area contributed by atoms with E-state index >= 15 is 0 Å². The molecule has 1 aliphatic rings. The number of amides is 2. The lowest BCUT2D eigenvalue weighted by atomic mass is 10.0. The molecule has 0 atom stereocenters. The van der Waals surface area contributed by atoms with E-state index in [1.165, 1.54) is 0 Å². The van der Waals surface area contributed by atoms with Gasteiger partial charge in [0, 0.05) is 25.5 Å². The van der Waals surface area contributed by atoms with E-state index in [0.29, 0.717) is 48.7 Å². The summed E-state index contributed by atoms with van der Waals surface area (Å²) in [6.45, 7) is 3.43. The number of urea groups is 1. The van der Waals surface area contributed by atoms with Gasteiger partial charge in [-0.1, -0.05) is 17.3 Å². The molecular weight excluding hydrogens is 348 g/mol. The van der Waals surface area contributed by atoms with Gasteiger partial charge in [0.25, 0.3) is 0 Å². The number of likely N-dealkylation sites (tertiary alicyclic amines) is 1. The van der Waals surface area contributed by atoms with Crippen LogP contribution in [0.25, 0.3) is 11.6 Å². The first kappa shape index (κ1) is 17.0. The van der Waals surface area contributed by atoms with Crippen LogP contribution in [0.2, 0.25) is 0 Å². The van der Waals surface area contributed by atoms with Crippen LogP contribution in [0.4, 0.5) is 10.5 Å². The van der Waals surface area contributed by atoms with Crippen molar-refractivity contribution < 1.29 is 14.1 Å². The van der Waals surface area contributed by atoms with Gasteiger partial charge >= 0.3 is 6.03 Å². The molecule has 9 nitrogen and oxygen atoms in total. The number of aromatic nitrogens is 4. The van der Waals surface area contributed by atoms with Crippen LogP contribution in [-0.2, 0) is 0 Å². The molecule has 0 saturated carbocycles. The van der Waals surface area contributed by atoms with Gasteiger partial charge in [0.1, 0.15) is 5.75 Å². The highest BCUT2D eigenvalue weighted by molar-refractivity contribution is 5.91. The molecule has 1 aliphatic heterocycles. The lowest BCUT2D eigenvalue weighted by molar-refractivity contribution is 0.147. The van der Waals surface area contributed by atoms with Crippen molar-refractivity contribution in [2.24, 2.45) is 0 Å². The van der Waals surface area contributed by atoms with Gasteiger partial charge in [-0.05, 0) is 25.1 Å². The lowest BCUT2D eigenvalue weighted by Crippen LogP contribution is -2.50. The Balaban J connectivity index is 1.36. The molecule has 1 aromatic carbocycles. The van der Waals surface area contributed by atoms with E-state index in [1.807, 2.05) is 31.2 Å². The summed E-state index contributed by atoms with van der Waals surface area (Å²) in [6.07, 6.45) is 3.24. The molecule has 0 spiro atoms. The monoisotopic (exact) mass is 366 g/mol. The molecule has 0 radical (unpaired) electrons. The topological polar surface area (TPSA) is 106 Å². The Kier molecular flexibility index (Phi) is 4.65. The molecule has 0 aliphatic carbocycles. The Morgan fingerprint density at radius 3 is 2.78 bits per heavy atom. The summed E-state index contributed by atoms with van der Waals surface area (Å²) < 4.78 is 10.8. The number of carbonyl (C=O) groups excluding carboxylic acids is 1. The van der Waals surface area contributed by atoms with Gasteiger partial charge in [0.15, 0.2) is 0 Å².